The van der Waals surface area contributed by atoms with Gasteiger partial charge in [0.15, 0.2) is 6.61 Å². The Balaban J connectivity index is 1.75. The summed E-state index contributed by atoms with van der Waals surface area (Å²) in [6, 6.07) is 13.3. The van der Waals surface area contributed by atoms with Crippen LogP contribution in [0.3, 0.4) is 0 Å². The van der Waals surface area contributed by atoms with Gasteiger partial charge in [-0.2, -0.15) is 0 Å². The van der Waals surface area contributed by atoms with Crippen molar-refractivity contribution in [3.05, 3.63) is 69.8 Å². The Hall–Kier alpha value is -3.75. The van der Waals surface area contributed by atoms with E-state index in [1.165, 1.54) is 25.1 Å². The van der Waals surface area contributed by atoms with Crippen LogP contribution < -0.4 is 10.6 Å². The molecule has 0 aliphatic rings. The fourth-order valence-corrected chi connectivity index (χ4v) is 2.35. The van der Waals surface area contributed by atoms with Crippen LogP contribution in [0, 0.1) is 17.0 Å². The van der Waals surface area contributed by atoms with Crippen LogP contribution in [0.25, 0.3) is 0 Å². The van der Waals surface area contributed by atoms with E-state index in [0.717, 1.165) is 5.56 Å². The van der Waals surface area contributed by atoms with Crippen LogP contribution in [0.5, 0.6) is 0 Å². The molecule has 0 fully saturated rings. The second-order valence-corrected chi connectivity index (χ2v) is 5.85. The van der Waals surface area contributed by atoms with Gasteiger partial charge in [0.2, 0.25) is 5.91 Å². The maximum atomic E-state index is 11.9. The van der Waals surface area contributed by atoms with Crippen LogP contribution in [0.4, 0.5) is 11.4 Å². The molecule has 2 N–H and O–H groups in total. The number of hydrogen-bond donors (Lipinski definition) is 2. The first-order valence-electron chi connectivity index (χ1n) is 8.37. The molecule has 0 aliphatic carbocycles. The Morgan fingerprint density at radius 2 is 1.75 bits per heavy atom. The van der Waals surface area contributed by atoms with E-state index in [1.807, 2.05) is 6.07 Å². The van der Waals surface area contributed by atoms with E-state index in [0.29, 0.717) is 5.56 Å². The summed E-state index contributed by atoms with van der Waals surface area (Å²) in [6.45, 7) is 0.562. The van der Waals surface area contributed by atoms with E-state index in [4.69, 9.17) is 4.74 Å². The normalized spacial score (nSPS) is 10.0. The van der Waals surface area contributed by atoms with Gasteiger partial charge in [0, 0.05) is 6.07 Å². The predicted molar refractivity (Wildman–Crippen MR) is 101 cm³/mol. The van der Waals surface area contributed by atoms with Crippen LogP contribution in [0.2, 0.25) is 0 Å². The third-order valence-corrected chi connectivity index (χ3v) is 3.78. The smallest absolute Gasteiger partial charge is 0.325 e. The summed E-state index contributed by atoms with van der Waals surface area (Å²) >= 11 is 0. The molecule has 0 bridgehead atoms. The molecule has 0 saturated carbocycles. The van der Waals surface area contributed by atoms with Crippen molar-refractivity contribution in [2.24, 2.45) is 0 Å². The molecule has 9 heteroatoms. The van der Waals surface area contributed by atoms with Crippen molar-refractivity contribution in [1.82, 2.24) is 5.32 Å². The van der Waals surface area contributed by atoms with E-state index in [1.54, 1.807) is 24.3 Å². The lowest BCUT2D eigenvalue weighted by Crippen LogP contribution is -2.33. The molecule has 2 aromatic rings. The number of rotatable bonds is 8. The van der Waals surface area contributed by atoms with Crippen LogP contribution in [0.1, 0.15) is 11.1 Å². The molecule has 0 saturated heterocycles. The molecule has 0 aliphatic heterocycles. The third-order valence-electron chi connectivity index (χ3n) is 3.78. The highest BCUT2D eigenvalue weighted by molar-refractivity contribution is 5.94. The molecule has 0 spiro atoms. The SMILES string of the molecule is Cc1c(NC(=O)COC(=O)CNC(=O)Cc2ccccc2)cccc1[N+](=O)[O-]. The van der Waals surface area contributed by atoms with Crippen molar-refractivity contribution < 1.29 is 24.0 Å². The number of benzene rings is 2. The molecule has 0 aromatic heterocycles. The zero-order valence-corrected chi connectivity index (χ0v) is 15.1. The summed E-state index contributed by atoms with van der Waals surface area (Å²) in [7, 11) is 0. The highest BCUT2D eigenvalue weighted by Gasteiger charge is 2.16. The number of nitro benzene ring substituents is 1. The standard InChI is InChI=1S/C19H19N3O6/c1-13-15(8-5-9-16(13)22(26)27)21-18(24)12-28-19(25)11-20-17(23)10-14-6-3-2-4-7-14/h2-9H,10-12H2,1H3,(H,20,23)(H,21,24). The van der Waals surface area contributed by atoms with Crippen molar-refractivity contribution in [2.45, 2.75) is 13.3 Å². The monoisotopic (exact) mass is 385 g/mol. The maximum absolute atomic E-state index is 11.9. The number of hydrogen-bond acceptors (Lipinski definition) is 6. The van der Waals surface area contributed by atoms with Crippen molar-refractivity contribution in [3.63, 3.8) is 0 Å². The molecule has 9 nitrogen and oxygen atoms in total. The molecule has 2 rings (SSSR count). The summed E-state index contributed by atoms with van der Waals surface area (Å²) < 4.78 is 4.79. The number of nitrogens with one attached hydrogen (secondary N) is 2. The predicted octanol–water partition coefficient (Wildman–Crippen LogP) is 1.74. The summed E-state index contributed by atoms with van der Waals surface area (Å²) in [5, 5.41) is 15.8. The molecule has 2 aromatic carbocycles. The van der Waals surface area contributed by atoms with Crippen molar-refractivity contribution in [3.8, 4) is 0 Å². The van der Waals surface area contributed by atoms with E-state index in [-0.39, 0.29) is 30.2 Å². The Bertz CT molecular complexity index is 882. The third kappa shape index (κ3) is 6.20. The first kappa shape index (κ1) is 20.6. The number of ether oxygens (including phenoxy) is 1. The summed E-state index contributed by atoms with van der Waals surface area (Å²) in [5.74, 6) is -1.76. The van der Waals surface area contributed by atoms with Gasteiger partial charge in [0.25, 0.3) is 11.6 Å². The van der Waals surface area contributed by atoms with Gasteiger partial charge in [-0.05, 0) is 18.6 Å². The number of nitrogens with zero attached hydrogens (tertiary/aromatic N) is 1. The fourth-order valence-electron chi connectivity index (χ4n) is 2.35. The van der Waals surface area contributed by atoms with E-state index >= 15 is 0 Å². The lowest BCUT2D eigenvalue weighted by atomic mass is 10.1. The van der Waals surface area contributed by atoms with Gasteiger partial charge in [-0.25, -0.2) is 0 Å². The zero-order valence-electron chi connectivity index (χ0n) is 15.1. The van der Waals surface area contributed by atoms with Crippen LogP contribution in [0.15, 0.2) is 48.5 Å². The molecule has 0 atom stereocenters. The number of nitro groups is 1. The highest BCUT2D eigenvalue weighted by atomic mass is 16.6. The van der Waals surface area contributed by atoms with E-state index in [2.05, 4.69) is 10.6 Å². The molecular formula is C19H19N3O6. The lowest BCUT2D eigenvalue weighted by Gasteiger charge is -2.09. The highest BCUT2D eigenvalue weighted by Crippen LogP contribution is 2.24. The lowest BCUT2D eigenvalue weighted by molar-refractivity contribution is -0.385. The molecule has 0 unspecified atom stereocenters. The maximum Gasteiger partial charge on any atom is 0.325 e. The molecule has 2 amide bonds. The minimum Gasteiger partial charge on any atom is -0.454 e. The minimum atomic E-state index is -0.771. The quantitative estimate of drug-likeness (QED) is 0.405. The van der Waals surface area contributed by atoms with Gasteiger partial charge in [-0.15, -0.1) is 0 Å². The second-order valence-electron chi connectivity index (χ2n) is 5.85. The van der Waals surface area contributed by atoms with Crippen LogP contribution in [-0.2, 0) is 25.5 Å². The first-order chi connectivity index (χ1) is 13.4. The average Bonchev–Trinajstić information content (AvgIpc) is 2.67. The van der Waals surface area contributed by atoms with Gasteiger partial charge in [0.1, 0.15) is 6.54 Å². The second kappa shape index (κ2) is 9.81. The van der Waals surface area contributed by atoms with Crippen molar-refractivity contribution in [2.75, 3.05) is 18.5 Å². The zero-order chi connectivity index (χ0) is 20.5. The molecular weight excluding hydrogens is 366 g/mol. The van der Waals surface area contributed by atoms with Gasteiger partial charge in [-0.3, -0.25) is 24.5 Å². The number of anilines is 1. The summed E-state index contributed by atoms with van der Waals surface area (Å²) in [4.78, 5) is 45.7. The number of amides is 2. The van der Waals surface area contributed by atoms with E-state index in [9.17, 15) is 24.5 Å². The van der Waals surface area contributed by atoms with Gasteiger partial charge in [-0.1, -0.05) is 36.4 Å². The van der Waals surface area contributed by atoms with Crippen molar-refractivity contribution >= 4 is 29.2 Å². The molecule has 0 heterocycles. The Kier molecular flexibility index (Phi) is 7.21. The summed E-state index contributed by atoms with van der Waals surface area (Å²) in [5.41, 5.74) is 1.22. The van der Waals surface area contributed by atoms with Gasteiger partial charge < -0.3 is 15.4 Å². The largest absolute Gasteiger partial charge is 0.454 e. The summed E-state index contributed by atoms with van der Waals surface area (Å²) in [6.07, 6.45) is 0.126. The number of carbonyl (C=O) groups is 3. The number of carbonyl (C=O) groups excluding carboxylic acids is 3. The Morgan fingerprint density at radius 1 is 1.04 bits per heavy atom. The Morgan fingerprint density at radius 3 is 2.43 bits per heavy atom. The van der Waals surface area contributed by atoms with Crippen LogP contribution in [-0.4, -0.2) is 35.9 Å². The minimum absolute atomic E-state index is 0.126. The molecule has 28 heavy (non-hydrogen) atoms. The molecule has 0 radical (unpaired) electrons. The van der Waals surface area contributed by atoms with Gasteiger partial charge >= 0.3 is 5.97 Å². The van der Waals surface area contributed by atoms with Gasteiger partial charge in [0.05, 0.1) is 22.6 Å². The number of esters is 1. The average molecular weight is 385 g/mol. The van der Waals surface area contributed by atoms with Crippen molar-refractivity contribution in [1.29, 1.82) is 0 Å². The first-order valence-corrected chi connectivity index (χ1v) is 8.37. The van der Waals surface area contributed by atoms with Crippen LogP contribution >= 0.6 is 0 Å². The Labute approximate surface area is 160 Å². The topological polar surface area (TPSA) is 128 Å². The molecule has 146 valence electrons. The fraction of sp³-hybridized carbons (Fsp3) is 0.211. The van der Waals surface area contributed by atoms with E-state index < -0.39 is 23.4 Å².